The average Bonchev–Trinajstić information content (AvgIpc) is 2.16. The molecule has 0 bridgehead atoms. The first-order chi connectivity index (χ1) is 6.61. The lowest BCUT2D eigenvalue weighted by atomic mass is 10.3. The maximum atomic E-state index is 10.4. The molecular formula is C9H12N2O3. The van der Waals surface area contributed by atoms with Crippen molar-refractivity contribution < 1.29 is 14.6 Å². The van der Waals surface area contributed by atoms with Crippen molar-refractivity contribution in [3.05, 3.63) is 23.9 Å². The third-order valence-corrected chi connectivity index (χ3v) is 1.68. The first-order valence-corrected chi connectivity index (χ1v) is 4.14. The largest absolute Gasteiger partial charge is 0.480 e. The van der Waals surface area contributed by atoms with Crippen molar-refractivity contribution in [2.45, 2.75) is 13.0 Å². The minimum absolute atomic E-state index is 0.0762. The molecule has 5 nitrogen and oxygen atoms in total. The van der Waals surface area contributed by atoms with E-state index in [1.54, 1.807) is 12.3 Å². The van der Waals surface area contributed by atoms with Crippen LogP contribution in [0.15, 0.2) is 18.3 Å². The van der Waals surface area contributed by atoms with Gasteiger partial charge in [0, 0.05) is 11.8 Å². The van der Waals surface area contributed by atoms with Crippen molar-refractivity contribution in [3.63, 3.8) is 0 Å². The minimum atomic E-state index is -1.08. The topological polar surface area (TPSA) is 85.4 Å². The summed E-state index contributed by atoms with van der Waals surface area (Å²) in [6.07, 6.45) is 1.58. The monoisotopic (exact) mass is 196 g/mol. The maximum absolute atomic E-state index is 10.4. The lowest BCUT2D eigenvalue weighted by Crippen LogP contribution is -2.36. The molecule has 14 heavy (non-hydrogen) atoms. The van der Waals surface area contributed by atoms with Gasteiger partial charge in [0.15, 0.2) is 0 Å². The van der Waals surface area contributed by atoms with Crippen molar-refractivity contribution in [1.29, 1.82) is 0 Å². The molecule has 1 aromatic heterocycles. The van der Waals surface area contributed by atoms with Gasteiger partial charge in [0.05, 0.1) is 0 Å². The fraction of sp³-hybridized carbons (Fsp3) is 0.333. The number of aryl methyl sites for hydroxylation is 1. The zero-order valence-corrected chi connectivity index (χ0v) is 7.80. The van der Waals surface area contributed by atoms with Gasteiger partial charge in [-0.3, -0.25) is 4.79 Å². The zero-order valence-electron chi connectivity index (χ0n) is 7.80. The van der Waals surface area contributed by atoms with Gasteiger partial charge in [0.1, 0.15) is 12.6 Å². The first-order valence-electron chi connectivity index (χ1n) is 4.14. The molecule has 0 saturated heterocycles. The highest BCUT2D eigenvalue weighted by atomic mass is 16.5. The number of rotatable bonds is 4. The van der Waals surface area contributed by atoms with Gasteiger partial charge in [-0.05, 0) is 13.0 Å². The summed E-state index contributed by atoms with van der Waals surface area (Å²) in [6, 6.07) is 2.59. The molecule has 3 N–H and O–H groups in total. The Hall–Kier alpha value is -1.62. The Morgan fingerprint density at radius 3 is 3.07 bits per heavy atom. The van der Waals surface area contributed by atoms with Crippen molar-refractivity contribution in [3.8, 4) is 5.88 Å². The van der Waals surface area contributed by atoms with Crippen LogP contribution < -0.4 is 10.5 Å². The number of nitrogens with two attached hydrogens (primary N) is 1. The van der Waals surface area contributed by atoms with Gasteiger partial charge < -0.3 is 15.6 Å². The Kier molecular flexibility index (Phi) is 3.41. The molecule has 1 rings (SSSR count). The number of aliphatic carboxylic acids is 1. The number of carbonyl (C=O) groups is 1. The Bertz CT molecular complexity index is 328. The normalized spacial score (nSPS) is 12.1. The summed E-state index contributed by atoms with van der Waals surface area (Å²) in [6.45, 7) is 1.75. The molecule has 1 heterocycles. The average molecular weight is 196 g/mol. The van der Waals surface area contributed by atoms with Crippen LogP contribution in [-0.2, 0) is 4.79 Å². The van der Waals surface area contributed by atoms with Gasteiger partial charge >= 0.3 is 5.97 Å². The van der Waals surface area contributed by atoms with E-state index in [1.807, 2.05) is 13.0 Å². The third-order valence-electron chi connectivity index (χ3n) is 1.68. The van der Waals surface area contributed by atoms with Crippen LogP contribution >= 0.6 is 0 Å². The van der Waals surface area contributed by atoms with E-state index < -0.39 is 12.0 Å². The molecule has 0 spiro atoms. The molecule has 0 fully saturated rings. The van der Waals surface area contributed by atoms with Gasteiger partial charge in [-0.1, -0.05) is 6.07 Å². The number of hydrogen-bond acceptors (Lipinski definition) is 4. The van der Waals surface area contributed by atoms with Gasteiger partial charge in [-0.2, -0.15) is 0 Å². The molecule has 1 unspecified atom stereocenters. The predicted molar refractivity (Wildman–Crippen MR) is 50.1 cm³/mol. The molecule has 0 amide bonds. The van der Waals surface area contributed by atoms with E-state index in [1.165, 1.54) is 0 Å². The summed E-state index contributed by atoms with van der Waals surface area (Å²) in [5.41, 5.74) is 6.11. The predicted octanol–water partition coefficient (Wildman–Crippen LogP) is 0.181. The molecule has 76 valence electrons. The highest BCUT2D eigenvalue weighted by Crippen LogP contribution is 2.11. The Morgan fingerprint density at radius 2 is 2.50 bits per heavy atom. The summed E-state index contributed by atoms with van der Waals surface area (Å²) in [5.74, 6) is -0.664. The van der Waals surface area contributed by atoms with Crippen LogP contribution in [0.5, 0.6) is 5.88 Å². The number of hydrogen-bond donors (Lipinski definition) is 2. The quantitative estimate of drug-likeness (QED) is 0.717. The second-order valence-electron chi connectivity index (χ2n) is 2.88. The Labute approximate surface area is 81.5 Å². The van der Waals surface area contributed by atoms with Crippen molar-refractivity contribution in [1.82, 2.24) is 4.98 Å². The van der Waals surface area contributed by atoms with E-state index in [0.29, 0.717) is 5.88 Å². The van der Waals surface area contributed by atoms with Gasteiger partial charge in [0.25, 0.3) is 0 Å². The van der Waals surface area contributed by atoms with Crippen LogP contribution in [-0.4, -0.2) is 28.7 Å². The molecule has 0 aliphatic heterocycles. The molecule has 1 aromatic rings. The molecule has 0 aliphatic carbocycles. The summed E-state index contributed by atoms with van der Waals surface area (Å²) in [5, 5.41) is 8.50. The van der Waals surface area contributed by atoms with E-state index in [9.17, 15) is 4.79 Å². The lowest BCUT2D eigenvalue weighted by molar-refractivity contribution is -0.139. The molecule has 5 heteroatoms. The lowest BCUT2D eigenvalue weighted by Gasteiger charge is -2.09. The number of carboxylic acid groups (broad SMARTS) is 1. The number of aromatic nitrogens is 1. The van der Waals surface area contributed by atoms with E-state index in [-0.39, 0.29) is 6.61 Å². The highest BCUT2D eigenvalue weighted by molar-refractivity contribution is 5.73. The molecule has 1 atom stereocenters. The highest BCUT2D eigenvalue weighted by Gasteiger charge is 2.12. The first kappa shape index (κ1) is 10.5. The summed E-state index contributed by atoms with van der Waals surface area (Å²) >= 11 is 0. The Morgan fingerprint density at radius 1 is 1.79 bits per heavy atom. The van der Waals surface area contributed by atoms with Gasteiger partial charge in [0.2, 0.25) is 5.88 Å². The van der Waals surface area contributed by atoms with Crippen LogP contribution in [0.4, 0.5) is 0 Å². The second-order valence-corrected chi connectivity index (χ2v) is 2.88. The number of nitrogens with zero attached hydrogens (tertiary/aromatic N) is 1. The number of carboxylic acids is 1. The minimum Gasteiger partial charge on any atom is -0.480 e. The fourth-order valence-electron chi connectivity index (χ4n) is 0.862. The van der Waals surface area contributed by atoms with Crippen LogP contribution in [0.1, 0.15) is 5.56 Å². The Balaban J connectivity index is 2.54. The van der Waals surface area contributed by atoms with Crippen LogP contribution in [0.25, 0.3) is 0 Å². The third kappa shape index (κ3) is 2.70. The van der Waals surface area contributed by atoms with E-state index in [2.05, 4.69) is 4.98 Å². The number of ether oxygens (including phenoxy) is 1. The summed E-state index contributed by atoms with van der Waals surface area (Å²) in [7, 11) is 0. The summed E-state index contributed by atoms with van der Waals surface area (Å²) < 4.78 is 5.14. The fourth-order valence-corrected chi connectivity index (χ4v) is 0.862. The molecule has 0 radical (unpaired) electrons. The molecule has 0 aliphatic rings. The van der Waals surface area contributed by atoms with Crippen LogP contribution in [0.2, 0.25) is 0 Å². The van der Waals surface area contributed by atoms with Gasteiger partial charge in [-0.25, -0.2) is 4.98 Å². The molecule has 0 aromatic carbocycles. The van der Waals surface area contributed by atoms with Gasteiger partial charge in [-0.15, -0.1) is 0 Å². The van der Waals surface area contributed by atoms with Crippen molar-refractivity contribution >= 4 is 5.97 Å². The van der Waals surface area contributed by atoms with E-state index in [0.717, 1.165) is 5.56 Å². The van der Waals surface area contributed by atoms with Crippen LogP contribution in [0, 0.1) is 6.92 Å². The summed E-state index contributed by atoms with van der Waals surface area (Å²) in [4.78, 5) is 14.3. The second kappa shape index (κ2) is 4.57. The number of pyridine rings is 1. The SMILES string of the molecule is Cc1cccnc1OCC(N)C(=O)O. The van der Waals surface area contributed by atoms with Crippen LogP contribution in [0.3, 0.4) is 0 Å². The van der Waals surface area contributed by atoms with E-state index >= 15 is 0 Å². The smallest absolute Gasteiger partial charge is 0.324 e. The zero-order chi connectivity index (χ0) is 10.6. The van der Waals surface area contributed by atoms with E-state index in [4.69, 9.17) is 15.6 Å². The standard InChI is InChI=1S/C9H12N2O3/c1-6-3-2-4-11-8(6)14-5-7(10)9(12)13/h2-4,7H,5,10H2,1H3,(H,12,13). The molecule has 0 saturated carbocycles. The van der Waals surface area contributed by atoms with Crippen molar-refractivity contribution in [2.24, 2.45) is 5.73 Å². The van der Waals surface area contributed by atoms with Crippen molar-refractivity contribution in [2.75, 3.05) is 6.61 Å². The molecular weight excluding hydrogens is 184 g/mol. The maximum Gasteiger partial charge on any atom is 0.324 e.